The lowest BCUT2D eigenvalue weighted by molar-refractivity contribution is -0.139. The van der Waals surface area contributed by atoms with E-state index in [0.717, 1.165) is 69.3 Å². The normalized spacial score (nSPS) is 12.1. The summed E-state index contributed by atoms with van der Waals surface area (Å²) in [6.45, 7) is 14.5. The van der Waals surface area contributed by atoms with Gasteiger partial charge in [0.25, 0.3) is 0 Å². The molecule has 0 saturated heterocycles. The molecule has 1 atom stereocenters. The summed E-state index contributed by atoms with van der Waals surface area (Å²) in [6, 6.07) is 0. The first kappa shape index (κ1) is 61.1. The highest BCUT2D eigenvalue weighted by molar-refractivity contribution is 5.96. The third kappa shape index (κ3) is 33.2. The molecule has 1 aromatic heterocycles. The van der Waals surface area contributed by atoms with Crippen LogP contribution in [0.5, 0.6) is 0 Å². The molecule has 0 bridgehead atoms. The number of carbonyl (C=O) groups excluding carboxylic acids is 5. The van der Waals surface area contributed by atoms with Crippen molar-refractivity contribution in [2.24, 2.45) is 22.5 Å². The van der Waals surface area contributed by atoms with Gasteiger partial charge in [0.15, 0.2) is 0 Å². The number of aliphatic carboxylic acids is 1. The number of carboxylic acids is 1. The van der Waals surface area contributed by atoms with Crippen molar-refractivity contribution in [3.8, 4) is 0 Å². The SMILES string of the molecule is C=C(COCCOCCNC(=O)[C@H](CCCCN)CC(=O)C(C)(C)CC(=O)C(C)(C)CC(=O)CCc1cnc[nH]1)NCCCCNC(=O)CCCCCCCCCCCCCCCCC(=O)O.[HH].[HH].[HH]. The van der Waals surface area contributed by atoms with Crippen molar-refractivity contribution in [3.05, 3.63) is 30.5 Å². The molecule has 0 spiro atoms. The molecule has 0 aliphatic rings. The fourth-order valence-electron chi connectivity index (χ4n) is 7.85. The van der Waals surface area contributed by atoms with Gasteiger partial charge < -0.3 is 41.2 Å². The van der Waals surface area contributed by atoms with Gasteiger partial charge in [0.2, 0.25) is 11.8 Å². The van der Waals surface area contributed by atoms with Crippen molar-refractivity contribution in [2.45, 2.75) is 195 Å². The van der Waals surface area contributed by atoms with E-state index in [0.29, 0.717) is 71.4 Å². The van der Waals surface area contributed by atoms with Crippen LogP contribution in [0.2, 0.25) is 0 Å². The van der Waals surface area contributed by atoms with Crippen molar-refractivity contribution in [2.75, 3.05) is 52.6 Å². The Hall–Kier alpha value is -3.95. The molecule has 390 valence electrons. The highest BCUT2D eigenvalue weighted by Gasteiger charge is 2.38. The van der Waals surface area contributed by atoms with Crippen LogP contribution in [-0.4, -0.2) is 103 Å². The number of nitrogens with one attached hydrogen (secondary N) is 4. The Kier molecular flexibility index (Phi) is 34.6. The number of Topliss-reactive ketones (excluding diaryl/α,β-unsaturated/α-hetero) is 3. The molecule has 67 heavy (non-hydrogen) atoms. The number of aromatic amines is 1. The first-order valence-electron chi connectivity index (χ1n) is 25.7. The molecular formula is C52H98N6O9. The molecule has 15 nitrogen and oxygen atoms in total. The molecule has 0 fully saturated rings. The molecule has 2 amide bonds. The fourth-order valence-corrected chi connectivity index (χ4v) is 7.85. The number of unbranched alkanes of at least 4 members (excludes halogenated alkanes) is 15. The number of hydrogen-bond donors (Lipinski definition) is 6. The van der Waals surface area contributed by atoms with E-state index in [1.54, 1.807) is 40.2 Å². The van der Waals surface area contributed by atoms with Gasteiger partial charge >= 0.3 is 5.97 Å². The Labute approximate surface area is 407 Å². The van der Waals surface area contributed by atoms with E-state index in [1.807, 2.05) is 0 Å². The maximum Gasteiger partial charge on any atom is 0.303 e. The number of ether oxygens (including phenoxy) is 2. The molecule has 0 aromatic carbocycles. The Morgan fingerprint density at radius 3 is 1.84 bits per heavy atom. The molecule has 0 unspecified atom stereocenters. The Balaban J connectivity index is -0.0000150. The first-order chi connectivity index (χ1) is 32.1. The lowest BCUT2D eigenvalue weighted by Crippen LogP contribution is -2.39. The van der Waals surface area contributed by atoms with Crippen LogP contribution in [0, 0.1) is 16.7 Å². The van der Waals surface area contributed by atoms with Crippen LogP contribution in [0.15, 0.2) is 24.8 Å². The number of carbonyl (C=O) groups is 6. The maximum absolute atomic E-state index is 13.6. The van der Waals surface area contributed by atoms with Crippen molar-refractivity contribution >= 4 is 35.1 Å². The molecule has 7 N–H and O–H groups in total. The standard InChI is InChI=1S/C52H92N6O9.3H2/c1-42(55-30-22-23-31-56-48(62)25-18-16-14-12-10-8-6-7-9-11-13-15-17-19-26-49(63)64)40-67-35-34-66-33-32-57-50(65)43(24-20-21-29-53)36-46(60)52(4,5)38-47(61)51(2,3)37-45(59)28-27-44-39-54-41-58-44;;;/h39,41,43,55H,1,6-38,40,53H2,2-5H3,(H,54,58)(H,56,62)(H,57,65)(H,63,64);3*1H/t43-;;;/m1.../s1. The number of imidazole rings is 1. The van der Waals surface area contributed by atoms with Crippen molar-refractivity contribution in [1.82, 2.24) is 25.9 Å². The van der Waals surface area contributed by atoms with Gasteiger partial charge in [0.1, 0.15) is 17.3 Å². The Morgan fingerprint density at radius 2 is 1.25 bits per heavy atom. The van der Waals surface area contributed by atoms with Crippen molar-refractivity contribution < 1.29 is 47.6 Å². The van der Waals surface area contributed by atoms with Crippen LogP contribution in [0.1, 0.15) is 198 Å². The number of aromatic nitrogens is 2. The molecule has 0 radical (unpaired) electrons. The minimum atomic E-state index is -0.999. The molecule has 1 aromatic rings. The zero-order valence-electron chi connectivity index (χ0n) is 42.2. The van der Waals surface area contributed by atoms with Gasteiger partial charge in [-0.05, 0) is 51.5 Å². The molecule has 15 heteroatoms. The van der Waals surface area contributed by atoms with Gasteiger partial charge in [-0.2, -0.15) is 0 Å². The van der Waals surface area contributed by atoms with Crippen LogP contribution in [-0.2, 0) is 44.7 Å². The molecule has 0 saturated carbocycles. The predicted octanol–water partition coefficient (Wildman–Crippen LogP) is 9.23. The zero-order chi connectivity index (χ0) is 49.6. The summed E-state index contributed by atoms with van der Waals surface area (Å²) in [5.41, 5.74) is 5.42. The number of amides is 2. The maximum atomic E-state index is 13.6. The molecule has 0 aliphatic heterocycles. The van der Waals surface area contributed by atoms with Crippen LogP contribution in [0.3, 0.4) is 0 Å². The summed E-state index contributed by atoms with van der Waals surface area (Å²) < 4.78 is 11.3. The summed E-state index contributed by atoms with van der Waals surface area (Å²) in [4.78, 5) is 82.6. The number of H-pyrrole nitrogens is 1. The van der Waals surface area contributed by atoms with Crippen LogP contribution in [0.25, 0.3) is 0 Å². The number of hydrogen-bond acceptors (Lipinski definition) is 11. The van der Waals surface area contributed by atoms with Crippen molar-refractivity contribution in [1.29, 1.82) is 0 Å². The number of aryl methyl sites for hydroxylation is 1. The van der Waals surface area contributed by atoms with Gasteiger partial charge in [-0.1, -0.05) is 118 Å². The van der Waals surface area contributed by atoms with Gasteiger partial charge in [0.05, 0.1) is 32.8 Å². The van der Waals surface area contributed by atoms with Gasteiger partial charge in [-0.15, -0.1) is 0 Å². The zero-order valence-corrected chi connectivity index (χ0v) is 42.2. The van der Waals surface area contributed by atoms with Crippen LogP contribution in [0.4, 0.5) is 0 Å². The minimum Gasteiger partial charge on any atom is -0.481 e. The van der Waals surface area contributed by atoms with E-state index in [9.17, 15) is 28.8 Å². The summed E-state index contributed by atoms with van der Waals surface area (Å²) in [5, 5.41) is 17.9. The second kappa shape index (κ2) is 38.0. The average molecular weight is 951 g/mol. The summed E-state index contributed by atoms with van der Waals surface area (Å²) >= 11 is 0. The molecule has 1 rings (SSSR count). The van der Waals surface area contributed by atoms with Crippen LogP contribution >= 0.6 is 0 Å². The van der Waals surface area contributed by atoms with Gasteiger partial charge in [-0.3, -0.25) is 28.8 Å². The minimum absolute atomic E-state index is 0. The summed E-state index contributed by atoms with van der Waals surface area (Å²) in [5.74, 6) is -1.69. The third-order valence-electron chi connectivity index (χ3n) is 12.3. The second-order valence-corrected chi connectivity index (χ2v) is 19.7. The quantitative estimate of drug-likeness (QED) is 0.0336. The lowest BCUT2D eigenvalue weighted by Gasteiger charge is -2.30. The number of rotatable bonds is 47. The van der Waals surface area contributed by atoms with Crippen molar-refractivity contribution in [3.63, 3.8) is 0 Å². The summed E-state index contributed by atoms with van der Waals surface area (Å²) in [7, 11) is 0. The number of nitrogens with two attached hydrogens (primary N) is 1. The average Bonchev–Trinajstić information content (AvgIpc) is 3.80. The number of ketones is 3. The molecule has 1 heterocycles. The highest BCUT2D eigenvalue weighted by Crippen LogP contribution is 2.34. The van der Waals surface area contributed by atoms with Crippen LogP contribution < -0.4 is 21.7 Å². The topological polar surface area (TPSA) is 232 Å². The summed E-state index contributed by atoms with van der Waals surface area (Å²) in [6.07, 6.45) is 25.1. The van der Waals surface area contributed by atoms with E-state index >= 15 is 0 Å². The molecular weight excluding hydrogens is 853 g/mol. The molecule has 0 aliphatic carbocycles. The number of carboxylic acid groups (broad SMARTS) is 1. The monoisotopic (exact) mass is 951 g/mol. The fraction of sp³-hybridized carbons (Fsp3) is 0.788. The van der Waals surface area contributed by atoms with E-state index < -0.39 is 22.7 Å². The largest absolute Gasteiger partial charge is 0.481 e. The van der Waals surface area contributed by atoms with Gasteiger partial charge in [-0.25, -0.2) is 4.98 Å². The smallest absolute Gasteiger partial charge is 0.303 e. The second-order valence-electron chi connectivity index (χ2n) is 19.7. The highest BCUT2D eigenvalue weighted by atomic mass is 16.5. The predicted molar refractivity (Wildman–Crippen MR) is 272 cm³/mol. The van der Waals surface area contributed by atoms with E-state index in [2.05, 4.69) is 32.5 Å². The lowest BCUT2D eigenvalue weighted by atomic mass is 9.72. The Morgan fingerprint density at radius 1 is 0.687 bits per heavy atom. The van der Waals surface area contributed by atoms with E-state index in [4.69, 9.17) is 20.3 Å². The first-order valence-corrected chi connectivity index (χ1v) is 25.7. The van der Waals surface area contributed by atoms with E-state index in [1.165, 1.54) is 57.8 Å². The third-order valence-corrected chi connectivity index (χ3v) is 12.3. The van der Waals surface area contributed by atoms with Gasteiger partial charge in [0, 0.05) is 96.8 Å². The Bertz CT molecular complexity index is 1550. The number of nitrogens with zero attached hydrogens (tertiary/aromatic N) is 1. The van der Waals surface area contributed by atoms with E-state index in [-0.39, 0.29) is 65.9 Å².